The van der Waals surface area contributed by atoms with Gasteiger partial charge in [0.2, 0.25) is 10.0 Å². The number of hydrogen-bond donors (Lipinski definition) is 2. The van der Waals surface area contributed by atoms with Crippen LogP contribution in [-0.2, 0) is 10.0 Å². The van der Waals surface area contributed by atoms with Crippen molar-refractivity contribution in [1.29, 1.82) is 0 Å². The highest BCUT2D eigenvalue weighted by Crippen LogP contribution is 2.42. The van der Waals surface area contributed by atoms with Gasteiger partial charge in [0, 0.05) is 6.07 Å². The third-order valence-corrected chi connectivity index (χ3v) is 3.95. The Morgan fingerprint density at radius 2 is 1.88 bits per heavy atom. The fourth-order valence-corrected chi connectivity index (χ4v) is 2.99. The van der Waals surface area contributed by atoms with Crippen molar-refractivity contribution in [3.05, 3.63) is 10.5 Å². The summed E-state index contributed by atoms with van der Waals surface area (Å²) in [5.41, 5.74) is 5.81. The number of primary sulfonamides is 1. The Kier molecular flexibility index (Phi) is 3.66. The zero-order valence-corrected chi connectivity index (χ0v) is 11.1. The average molecular weight is 311 g/mol. The van der Waals surface area contributed by atoms with Crippen molar-refractivity contribution in [3.8, 4) is 11.5 Å². The number of nitrogens with two attached hydrogens (primary N) is 2. The molecule has 8 heteroatoms. The lowest BCUT2D eigenvalue weighted by Crippen LogP contribution is -2.15. The number of ether oxygens (including phenoxy) is 2. The fraction of sp³-hybridized carbons (Fsp3) is 0.250. The molecule has 0 aliphatic heterocycles. The highest BCUT2D eigenvalue weighted by Gasteiger charge is 2.25. The summed E-state index contributed by atoms with van der Waals surface area (Å²) in [6.45, 7) is 0. The van der Waals surface area contributed by atoms with Gasteiger partial charge in [-0.15, -0.1) is 0 Å². The topological polar surface area (TPSA) is 105 Å². The van der Waals surface area contributed by atoms with Crippen LogP contribution in [0.25, 0.3) is 0 Å². The van der Waals surface area contributed by atoms with E-state index >= 15 is 0 Å². The number of benzene rings is 1. The van der Waals surface area contributed by atoms with Crippen LogP contribution in [0.1, 0.15) is 0 Å². The van der Waals surface area contributed by atoms with Gasteiger partial charge in [-0.05, 0) is 15.9 Å². The van der Waals surface area contributed by atoms with E-state index in [-0.39, 0.29) is 26.6 Å². The largest absolute Gasteiger partial charge is 0.493 e. The Bertz CT molecular complexity index is 515. The molecular formula is C8H11BrN2O4S. The number of anilines is 1. The van der Waals surface area contributed by atoms with Gasteiger partial charge >= 0.3 is 0 Å². The first-order valence-corrected chi connectivity index (χ1v) is 6.39. The van der Waals surface area contributed by atoms with Crippen LogP contribution in [0.15, 0.2) is 15.4 Å². The molecule has 0 atom stereocenters. The molecule has 16 heavy (non-hydrogen) atoms. The smallest absolute Gasteiger partial charge is 0.243 e. The normalized spacial score (nSPS) is 11.2. The summed E-state index contributed by atoms with van der Waals surface area (Å²) in [5, 5.41) is 5.08. The van der Waals surface area contributed by atoms with Crippen molar-refractivity contribution in [3.63, 3.8) is 0 Å². The molecule has 0 saturated carbocycles. The molecule has 0 radical (unpaired) electrons. The van der Waals surface area contributed by atoms with Crippen LogP contribution in [0.5, 0.6) is 11.5 Å². The van der Waals surface area contributed by atoms with E-state index in [2.05, 4.69) is 15.9 Å². The summed E-state index contributed by atoms with van der Waals surface area (Å²) in [6, 6.07) is 1.44. The molecule has 0 fully saturated rings. The summed E-state index contributed by atoms with van der Waals surface area (Å²) in [6.07, 6.45) is 0. The second-order valence-electron chi connectivity index (χ2n) is 2.89. The van der Waals surface area contributed by atoms with Crippen molar-refractivity contribution in [2.24, 2.45) is 5.14 Å². The zero-order valence-electron chi connectivity index (χ0n) is 8.65. The molecule has 0 saturated heterocycles. The molecule has 1 aromatic carbocycles. The minimum Gasteiger partial charge on any atom is -0.493 e. The fourth-order valence-electron chi connectivity index (χ4n) is 1.21. The summed E-state index contributed by atoms with van der Waals surface area (Å²) >= 11 is 3.05. The van der Waals surface area contributed by atoms with Crippen LogP contribution in [-0.4, -0.2) is 22.6 Å². The van der Waals surface area contributed by atoms with E-state index < -0.39 is 10.0 Å². The van der Waals surface area contributed by atoms with E-state index in [1.54, 1.807) is 0 Å². The van der Waals surface area contributed by atoms with E-state index in [4.69, 9.17) is 20.3 Å². The molecular weight excluding hydrogens is 300 g/mol. The molecule has 0 aliphatic carbocycles. The maximum absolute atomic E-state index is 11.4. The van der Waals surface area contributed by atoms with Gasteiger partial charge in [-0.1, -0.05) is 0 Å². The van der Waals surface area contributed by atoms with Crippen LogP contribution >= 0.6 is 15.9 Å². The monoisotopic (exact) mass is 310 g/mol. The minimum atomic E-state index is -3.96. The van der Waals surface area contributed by atoms with Crippen LogP contribution in [0, 0.1) is 0 Å². The molecule has 0 bridgehead atoms. The van der Waals surface area contributed by atoms with Gasteiger partial charge < -0.3 is 15.2 Å². The van der Waals surface area contributed by atoms with Crippen molar-refractivity contribution in [2.45, 2.75) is 4.90 Å². The maximum atomic E-state index is 11.4. The summed E-state index contributed by atoms with van der Waals surface area (Å²) in [4.78, 5) is -0.230. The van der Waals surface area contributed by atoms with Gasteiger partial charge in [-0.3, -0.25) is 0 Å². The van der Waals surface area contributed by atoms with Gasteiger partial charge in [0.25, 0.3) is 0 Å². The number of nitrogen functional groups attached to an aromatic ring is 1. The number of hydrogen-bond acceptors (Lipinski definition) is 5. The van der Waals surface area contributed by atoms with E-state index in [9.17, 15) is 8.42 Å². The highest BCUT2D eigenvalue weighted by atomic mass is 79.9. The van der Waals surface area contributed by atoms with Crippen LogP contribution in [0.4, 0.5) is 5.69 Å². The molecule has 1 aromatic rings. The van der Waals surface area contributed by atoms with E-state index in [0.717, 1.165) is 0 Å². The van der Waals surface area contributed by atoms with E-state index in [1.165, 1.54) is 20.3 Å². The molecule has 4 N–H and O–H groups in total. The average Bonchev–Trinajstić information content (AvgIpc) is 2.19. The quantitative estimate of drug-likeness (QED) is 0.799. The first kappa shape index (κ1) is 13.1. The number of methoxy groups -OCH3 is 2. The molecule has 0 heterocycles. The van der Waals surface area contributed by atoms with Gasteiger partial charge in [0.1, 0.15) is 4.90 Å². The van der Waals surface area contributed by atoms with Crippen LogP contribution < -0.4 is 20.3 Å². The second kappa shape index (κ2) is 4.48. The van der Waals surface area contributed by atoms with E-state index in [1.807, 2.05) is 0 Å². The second-order valence-corrected chi connectivity index (χ2v) is 5.18. The molecule has 0 aliphatic rings. The third kappa shape index (κ3) is 2.23. The maximum Gasteiger partial charge on any atom is 0.243 e. The highest BCUT2D eigenvalue weighted by molar-refractivity contribution is 9.10. The zero-order chi connectivity index (χ0) is 12.5. The molecule has 1 rings (SSSR count). The predicted molar refractivity (Wildman–Crippen MR) is 63.0 cm³/mol. The SMILES string of the molecule is COc1cc(N)c(Br)c(S(N)(=O)=O)c1OC. The predicted octanol–water partition coefficient (Wildman–Crippen LogP) is 0.696. The standard InChI is InChI=1S/C8H11BrN2O4S/c1-14-5-3-4(10)6(9)8(7(5)15-2)16(11,12)13/h3H,10H2,1-2H3,(H2,11,12,13). The summed E-state index contributed by atoms with van der Waals surface area (Å²) in [5.74, 6) is 0.221. The van der Waals surface area contributed by atoms with Crippen molar-refractivity contribution in [2.75, 3.05) is 20.0 Å². The van der Waals surface area contributed by atoms with Gasteiger partial charge in [0.05, 0.1) is 24.4 Å². The first-order valence-electron chi connectivity index (χ1n) is 4.05. The number of sulfonamides is 1. The van der Waals surface area contributed by atoms with Crippen LogP contribution in [0.2, 0.25) is 0 Å². The lowest BCUT2D eigenvalue weighted by molar-refractivity contribution is 0.346. The molecule has 0 spiro atoms. The Labute approximate surface area is 102 Å². The number of halogens is 1. The Balaban J connectivity index is 3.74. The van der Waals surface area contributed by atoms with Gasteiger partial charge in [0.15, 0.2) is 11.5 Å². The van der Waals surface area contributed by atoms with Crippen LogP contribution in [0.3, 0.4) is 0 Å². The molecule has 0 unspecified atom stereocenters. The Hall–Kier alpha value is -0.990. The summed E-state index contributed by atoms with van der Waals surface area (Å²) < 4.78 is 32.9. The van der Waals surface area contributed by atoms with Crippen molar-refractivity contribution in [1.82, 2.24) is 0 Å². The minimum absolute atomic E-state index is 0.0195. The Morgan fingerprint density at radius 3 is 2.25 bits per heavy atom. The molecule has 0 aromatic heterocycles. The van der Waals surface area contributed by atoms with Gasteiger partial charge in [-0.2, -0.15) is 0 Å². The lowest BCUT2D eigenvalue weighted by Gasteiger charge is -2.14. The van der Waals surface area contributed by atoms with E-state index in [0.29, 0.717) is 0 Å². The summed E-state index contributed by atoms with van der Waals surface area (Å²) in [7, 11) is -1.28. The molecule has 90 valence electrons. The molecule has 0 amide bonds. The molecule has 6 nitrogen and oxygen atoms in total. The van der Waals surface area contributed by atoms with Crippen molar-refractivity contribution >= 4 is 31.6 Å². The third-order valence-electron chi connectivity index (χ3n) is 1.88. The number of rotatable bonds is 3. The van der Waals surface area contributed by atoms with Gasteiger partial charge in [-0.25, -0.2) is 13.6 Å². The Morgan fingerprint density at radius 1 is 1.31 bits per heavy atom. The lowest BCUT2D eigenvalue weighted by atomic mass is 10.3. The first-order chi connectivity index (χ1) is 7.32. The van der Waals surface area contributed by atoms with Crippen molar-refractivity contribution < 1.29 is 17.9 Å².